The molecular formula is C15H19NO3S. The van der Waals surface area contributed by atoms with Crippen LogP contribution in [0.1, 0.15) is 39.4 Å². The molecule has 5 heteroatoms. The van der Waals surface area contributed by atoms with Gasteiger partial charge in [-0.3, -0.25) is 4.79 Å². The fraction of sp³-hybridized carbons (Fsp3) is 0.533. The maximum absolute atomic E-state index is 12.4. The first-order chi connectivity index (χ1) is 9.61. The van der Waals surface area contributed by atoms with Crippen LogP contribution in [-0.2, 0) is 0 Å². The van der Waals surface area contributed by atoms with E-state index in [2.05, 4.69) is 11.8 Å². The van der Waals surface area contributed by atoms with Gasteiger partial charge in [0.15, 0.2) is 0 Å². The molecule has 1 amide bonds. The molecule has 108 valence electrons. The third-order valence-corrected chi connectivity index (χ3v) is 4.39. The largest absolute Gasteiger partial charge is 0.395 e. The van der Waals surface area contributed by atoms with Crippen LogP contribution in [0.4, 0.5) is 0 Å². The van der Waals surface area contributed by atoms with Gasteiger partial charge in [-0.05, 0) is 31.4 Å². The van der Waals surface area contributed by atoms with E-state index in [-0.39, 0.29) is 12.5 Å². The van der Waals surface area contributed by atoms with Crippen molar-refractivity contribution in [1.82, 2.24) is 4.90 Å². The summed E-state index contributed by atoms with van der Waals surface area (Å²) in [5.41, 5.74) is 0.987. The number of β-amino-alcohol motifs (C(OH)–C–C–N with tert-alkyl or cyclic N) is 1. The van der Waals surface area contributed by atoms with Crippen LogP contribution < -0.4 is 0 Å². The third kappa shape index (κ3) is 3.60. The number of piperidine rings is 1. The van der Waals surface area contributed by atoms with Crippen LogP contribution in [0.3, 0.4) is 0 Å². The van der Waals surface area contributed by atoms with E-state index in [1.807, 2.05) is 13.0 Å². The zero-order valence-electron chi connectivity index (χ0n) is 11.6. The van der Waals surface area contributed by atoms with E-state index in [4.69, 9.17) is 5.11 Å². The predicted molar refractivity (Wildman–Crippen MR) is 78.8 cm³/mol. The van der Waals surface area contributed by atoms with Crippen molar-refractivity contribution in [1.29, 1.82) is 0 Å². The second-order valence-electron chi connectivity index (χ2n) is 4.95. The summed E-state index contributed by atoms with van der Waals surface area (Å²) in [6, 6.07) is 1.86. The Balaban J connectivity index is 2.11. The highest BCUT2D eigenvalue weighted by atomic mass is 32.1. The summed E-state index contributed by atoms with van der Waals surface area (Å²) in [5, 5.41) is 18.4. The standard InChI is InChI=1S/C15H19NO3S/c1-11-9-14(20-13(11)6-2-3-8-17)15(19)16-7-4-5-12(18)10-16/h9,12,17-18H,3-5,7-8,10H2,1H3. The highest BCUT2D eigenvalue weighted by molar-refractivity contribution is 7.14. The molecule has 0 spiro atoms. The van der Waals surface area contributed by atoms with Crippen molar-refractivity contribution >= 4 is 17.2 Å². The van der Waals surface area contributed by atoms with E-state index < -0.39 is 6.10 Å². The van der Waals surface area contributed by atoms with Crippen LogP contribution >= 0.6 is 11.3 Å². The number of hydrogen-bond acceptors (Lipinski definition) is 4. The van der Waals surface area contributed by atoms with Crippen LogP contribution in [0.2, 0.25) is 0 Å². The minimum absolute atomic E-state index is 0.0212. The number of carbonyl (C=O) groups excluding carboxylic acids is 1. The number of rotatable bonds is 2. The van der Waals surface area contributed by atoms with Crippen molar-refractivity contribution in [3.8, 4) is 11.8 Å². The number of nitrogens with zero attached hydrogens (tertiary/aromatic N) is 1. The molecule has 2 heterocycles. The number of likely N-dealkylation sites (tertiary alicyclic amines) is 1. The molecule has 1 aromatic heterocycles. The lowest BCUT2D eigenvalue weighted by molar-refractivity contribution is 0.0477. The molecule has 1 saturated heterocycles. The second kappa shape index (κ2) is 6.89. The molecule has 0 aromatic carbocycles. The molecule has 4 nitrogen and oxygen atoms in total. The average Bonchev–Trinajstić information content (AvgIpc) is 2.80. The summed E-state index contributed by atoms with van der Waals surface area (Å²) in [7, 11) is 0. The number of aliphatic hydroxyl groups is 2. The first kappa shape index (κ1) is 15.0. The molecule has 1 aliphatic rings. The first-order valence-electron chi connectivity index (χ1n) is 6.79. The number of thiophene rings is 1. The number of carbonyl (C=O) groups is 1. The van der Waals surface area contributed by atoms with Crippen molar-refractivity contribution in [2.75, 3.05) is 19.7 Å². The van der Waals surface area contributed by atoms with E-state index in [1.165, 1.54) is 11.3 Å². The molecule has 1 atom stereocenters. The topological polar surface area (TPSA) is 60.8 Å². The molecule has 1 aromatic rings. The lowest BCUT2D eigenvalue weighted by atomic mass is 10.1. The molecule has 1 unspecified atom stereocenters. The molecule has 0 radical (unpaired) electrons. The van der Waals surface area contributed by atoms with E-state index in [9.17, 15) is 9.90 Å². The average molecular weight is 293 g/mol. The Bertz CT molecular complexity index is 541. The van der Waals surface area contributed by atoms with E-state index >= 15 is 0 Å². The smallest absolute Gasteiger partial charge is 0.264 e. The molecule has 0 aliphatic carbocycles. The van der Waals surface area contributed by atoms with Crippen LogP contribution in [0.25, 0.3) is 0 Å². The molecule has 20 heavy (non-hydrogen) atoms. The van der Waals surface area contributed by atoms with E-state index in [0.717, 1.165) is 23.3 Å². The molecule has 0 bridgehead atoms. The van der Waals surface area contributed by atoms with Crippen LogP contribution in [-0.4, -0.2) is 46.8 Å². The van der Waals surface area contributed by atoms with Gasteiger partial charge >= 0.3 is 0 Å². The SMILES string of the molecule is Cc1cc(C(=O)N2CCCC(O)C2)sc1C#CCCO. The van der Waals surface area contributed by atoms with Gasteiger partial charge in [-0.1, -0.05) is 11.8 Å². The van der Waals surface area contributed by atoms with Gasteiger partial charge in [0.2, 0.25) is 0 Å². The molecule has 2 N–H and O–H groups in total. The normalized spacial score (nSPS) is 18.6. The van der Waals surface area contributed by atoms with Crippen molar-refractivity contribution in [3.05, 3.63) is 21.4 Å². The number of aryl methyl sites for hydroxylation is 1. The Morgan fingerprint density at radius 3 is 3.10 bits per heavy atom. The Hall–Kier alpha value is -1.35. The molecule has 1 aliphatic heterocycles. The van der Waals surface area contributed by atoms with Crippen molar-refractivity contribution in [2.24, 2.45) is 0 Å². The summed E-state index contributed by atoms with van der Waals surface area (Å²) >= 11 is 1.38. The Morgan fingerprint density at radius 1 is 1.60 bits per heavy atom. The maximum atomic E-state index is 12.4. The summed E-state index contributed by atoms with van der Waals surface area (Å²) in [6.07, 6.45) is 1.65. The lowest BCUT2D eigenvalue weighted by Gasteiger charge is -2.29. The van der Waals surface area contributed by atoms with Crippen LogP contribution in [0.5, 0.6) is 0 Å². The second-order valence-corrected chi connectivity index (χ2v) is 6.00. The lowest BCUT2D eigenvalue weighted by Crippen LogP contribution is -2.41. The van der Waals surface area contributed by atoms with Gasteiger partial charge in [-0.15, -0.1) is 11.3 Å². The monoisotopic (exact) mass is 293 g/mol. The number of aliphatic hydroxyl groups excluding tert-OH is 2. The van der Waals surface area contributed by atoms with Gasteiger partial charge in [-0.2, -0.15) is 0 Å². The maximum Gasteiger partial charge on any atom is 0.264 e. The molecule has 2 rings (SSSR count). The Morgan fingerprint density at radius 2 is 2.40 bits per heavy atom. The van der Waals surface area contributed by atoms with Gasteiger partial charge in [0.25, 0.3) is 5.91 Å². The highest BCUT2D eigenvalue weighted by Gasteiger charge is 2.24. The van der Waals surface area contributed by atoms with Gasteiger partial charge in [0.05, 0.1) is 22.5 Å². The predicted octanol–water partition coefficient (Wildman–Crippen LogP) is 1.39. The third-order valence-electron chi connectivity index (χ3n) is 3.25. The van der Waals surface area contributed by atoms with E-state index in [1.54, 1.807) is 4.90 Å². The van der Waals surface area contributed by atoms with Crippen LogP contribution in [0.15, 0.2) is 6.07 Å². The summed E-state index contributed by atoms with van der Waals surface area (Å²) in [6.45, 7) is 3.11. The Kier molecular flexibility index (Phi) is 5.18. The van der Waals surface area contributed by atoms with Gasteiger partial charge in [-0.25, -0.2) is 0 Å². The number of hydrogen-bond donors (Lipinski definition) is 2. The Labute approximate surface area is 123 Å². The van der Waals surface area contributed by atoms with Gasteiger partial charge in [0.1, 0.15) is 0 Å². The number of amides is 1. The molecule has 0 saturated carbocycles. The quantitative estimate of drug-likeness (QED) is 0.810. The van der Waals surface area contributed by atoms with Crippen molar-refractivity contribution in [3.63, 3.8) is 0 Å². The fourth-order valence-corrected chi connectivity index (χ4v) is 3.22. The first-order valence-corrected chi connectivity index (χ1v) is 7.61. The van der Waals surface area contributed by atoms with Crippen molar-refractivity contribution < 1.29 is 15.0 Å². The summed E-state index contributed by atoms with van der Waals surface area (Å²) in [4.78, 5) is 15.6. The minimum atomic E-state index is -0.405. The van der Waals surface area contributed by atoms with Crippen molar-refractivity contribution in [2.45, 2.75) is 32.3 Å². The minimum Gasteiger partial charge on any atom is -0.395 e. The fourth-order valence-electron chi connectivity index (χ4n) is 2.21. The zero-order chi connectivity index (χ0) is 14.5. The summed E-state index contributed by atoms with van der Waals surface area (Å²) < 4.78 is 0. The highest BCUT2D eigenvalue weighted by Crippen LogP contribution is 2.24. The molecular weight excluding hydrogens is 274 g/mol. The zero-order valence-corrected chi connectivity index (χ0v) is 12.4. The summed E-state index contributed by atoms with van der Waals surface area (Å²) in [5.74, 6) is 5.84. The van der Waals surface area contributed by atoms with Gasteiger partial charge < -0.3 is 15.1 Å². The van der Waals surface area contributed by atoms with Crippen LogP contribution in [0, 0.1) is 18.8 Å². The molecule has 1 fully saturated rings. The van der Waals surface area contributed by atoms with E-state index in [0.29, 0.717) is 24.4 Å². The van der Waals surface area contributed by atoms with Gasteiger partial charge in [0, 0.05) is 19.5 Å².